The maximum atomic E-state index is 12.9. The number of aliphatic carboxylic acids is 1. The Kier molecular flexibility index (Phi) is 6.02. The van der Waals surface area contributed by atoms with Gasteiger partial charge in [-0.2, -0.15) is 0 Å². The molecule has 0 aromatic heterocycles. The second-order valence-electron chi connectivity index (χ2n) is 9.79. The summed E-state index contributed by atoms with van der Waals surface area (Å²) in [6.07, 6.45) is 3.69. The van der Waals surface area contributed by atoms with Crippen LogP contribution in [0.3, 0.4) is 0 Å². The van der Waals surface area contributed by atoms with E-state index in [1.54, 1.807) is 0 Å². The zero-order valence-electron chi connectivity index (χ0n) is 19.2. The van der Waals surface area contributed by atoms with E-state index in [4.69, 9.17) is 4.74 Å². The smallest absolute Gasteiger partial charge is 0.407 e. The molecule has 1 aliphatic heterocycles. The summed E-state index contributed by atoms with van der Waals surface area (Å²) in [6.45, 7) is 1.10. The fourth-order valence-electron chi connectivity index (χ4n) is 5.75. The van der Waals surface area contributed by atoms with Crippen LogP contribution in [0.2, 0.25) is 0 Å². The van der Waals surface area contributed by atoms with Gasteiger partial charge in [0.05, 0.1) is 0 Å². The van der Waals surface area contributed by atoms with E-state index in [1.807, 2.05) is 24.3 Å². The minimum Gasteiger partial charge on any atom is -0.480 e. The standard InChI is InChI=1S/C27H30N2O5/c30-24(29-14-5-11-23(29)25(31)32)15-27(12-6-13-27)17-28-26(33)34-16-22-20-9-3-1-7-18(20)19-8-2-4-10-21(19)22/h1-4,7-10,22-23H,5-6,11-17H2,(H,28,33)(H,31,32). The van der Waals surface area contributed by atoms with Crippen molar-refractivity contribution in [3.63, 3.8) is 0 Å². The fourth-order valence-corrected chi connectivity index (χ4v) is 5.75. The summed E-state index contributed by atoms with van der Waals surface area (Å²) in [5.74, 6) is -1.07. The highest BCUT2D eigenvalue weighted by Crippen LogP contribution is 2.45. The summed E-state index contributed by atoms with van der Waals surface area (Å²) in [5, 5.41) is 12.3. The molecule has 2 aromatic rings. The molecule has 5 rings (SSSR count). The predicted octanol–water partition coefficient (Wildman–Crippen LogP) is 4.16. The number of carbonyl (C=O) groups excluding carboxylic acids is 2. The van der Waals surface area contributed by atoms with Crippen LogP contribution in [0.15, 0.2) is 48.5 Å². The molecule has 2 aromatic carbocycles. The molecule has 7 nitrogen and oxygen atoms in total. The maximum Gasteiger partial charge on any atom is 0.407 e. The highest BCUT2D eigenvalue weighted by atomic mass is 16.5. The van der Waals surface area contributed by atoms with E-state index in [0.717, 1.165) is 30.4 Å². The molecule has 1 saturated carbocycles. The third-order valence-corrected chi connectivity index (χ3v) is 7.75. The van der Waals surface area contributed by atoms with E-state index >= 15 is 0 Å². The molecule has 1 unspecified atom stereocenters. The van der Waals surface area contributed by atoms with E-state index < -0.39 is 18.1 Å². The number of likely N-dealkylation sites (tertiary alicyclic amines) is 1. The van der Waals surface area contributed by atoms with Crippen molar-refractivity contribution >= 4 is 18.0 Å². The molecule has 2 fully saturated rings. The van der Waals surface area contributed by atoms with Gasteiger partial charge >= 0.3 is 12.1 Å². The van der Waals surface area contributed by atoms with Crippen LogP contribution in [0.5, 0.6) is 0 Å². The van der Waals surface area contributed by atoms with E-state index in [2.05, 4.69) is 29.6 Å². The van der Waals surface area contributed by atoms with E-state index in [-0.39, 0.29) is 30.3 Å². The fraction of sp³-hybridized carbons (Fsp3) is 0.444. The molecule has 7 heteroatoms. The third-order valence-electron chi connectivity index (χ3n) is 7.75. The molecule has 1 atom stereocenters. The summed E-state index contributed by atoms with van der Waals surface area (Å²) in [6, 6.07) is 15.7. The number of carboxylic acids is 1. The van der Waals surface area contributed by atoms with Crippen molar-refractivity contribution in [2.75, 3.05) is 19.7 Å². The molecular formula is C27H30N2O5. The Morgan fingerprint density at radius 2 is 1.65 bits per heavy atom. The third kappa shape index (κ3) is 4.15. The molecule has 2 N–H and O–H groups in total. The topological polar surface area (TPSA) is 95.9 Å². The number of hydrogen-bond acceptors (Lipinski definition) is 4. The Morgan fingerprint density at radius 1 is 1.00 bits per heavy atom. The van der Waals surface area contributed by atoms with Crippen molar-refractivity contribution in [1.29, 1.82) is 0 Å². The summed E-state index contributed by atoms with van der Waals surface area (Å²) >= 11 is 0. The van der Waals surface area contributed by atoms with Gasteiger partial charge in [0, 0.05) is 25.4 Å². The number of benzene rings is 2. The van der Waals surface area contributed by atoms with Gasteiger partial charge in [-0.15, -0.1) is 0 Å². The van der Waals surface area contributed by atoms with Crippen LogP contribution in [0.4, 0.5) is 4.79 Å². The SMILES string of the molecule is O=C(NCC1(CC(=O)N2CCCC2C(=O)O)CCC1)OCC1c2ccccc2-c2ccccc21. The predicted molar refractivity (Wildman–Crippen MR) is 126 cm³/mol. The second-order valence-corrected chi connectivity index (χ2v) is 9.79. The lowest BCUT2D eigenvalue weighted by atomic mass is 9.66. The summed E-state index contributed by atoms with van der Waals surface area (Å²) < 4.78 is 5.63. The summed E-state index contributed by atoms with van der Waals surface area (Å²) in [5.41, 5.74) is 4.38. The summed E-state index contributed by atoms with van der Waals surface area (Å²) in [4.78, 5) is 38.4. The van der Waals surface area contributed by atoms with Crippen molar-refractivity contribution in [3.8, 4) is 11.1 Å². The van der Waals surface area contributed by atoms with Gasteiger partial charge in [0.25, 0.3) is 0 Å². The van der Waals surface area contributed by atoms with Crippen LogP contribution < -0.4 is 5.32 Å². The van der Waals surface area contributed by atoms with Crippen molar-refractivity contribution < 1.29 is 24.2 Å². The number of alkyl carbamates (subject to hydrolysis) is 1. The van der Waals surface area contributed by atoms with Crippen LogP contribution in [0, 0.1) is 5.41 Å². The number of rotatable bonds is 7. The number of nitrogens with zero attached hydrogens (tertiary/aromatic N) is 1. The molecule has 1 saturated heterocycles. The minimum absolute atomic E-state index is 0.000472. The van der Waals surface area contributed by atoms with Gasteiger partial charge in [-0.3, -0.25) is 4.79 Å². The molecule has 0 radical (unpaired) electrons. The first kappa shape index (κ1) is 22.4. The second kappa shape index (κ2) is 9.12. The van der Waals surface area contributed by atoms with Gasteiger partial charge in [0.1, 0.15) is 12.6 Å². The van der Waals surface area contributed by atoms with Gasteiger partial charge < -0.3 is 20.1 Å². The van der Waals surface area contributed by atoms with Crippen LogP contribution in [0.25, 0.3) is 11.1 Å². The molecule has 0 spiro atoms. The number of fused-ring (bicyclic) bond motifs is 3. The lowest BCUT2D eigenvalue weighted by molar-refractivity contribution is -0.149. The minimum atomic E-state index is -0.940. The van der Waals surface area contributed by atoms with Gasteiger partial charge in [-0.1, -0.05) is 55.0 Å². The first-order valence-corrected chi connectivity index (χ1v) is 12.1. The van der Waals surface area contributed by atoms with Crippen molar-refractivity contribution in [2.24, 2.45) is 5.41 Å². The van der Waals surface area contributed by atoms with Crippen LogP contribution in [0.1, 0.15) is 55.6 Å². The maximum absolute atomic E-state index is 12.9. The molecular weight excluding hydrogens is 432 g/mol. The molecule has 1 heterocycles. The van der Waals surface area contributed by atoms with E-state index in [9.17, 15) is 19.5 Å². The zero-order valence-corrected chi connectivity index (χ0v) is 19.2. The van der Waals surface area contributed by atoms with Crippen LogP contribution in [-0.2, 0) is 14.3 Å². The first-order valence-electron chi connectivity index (χ1n) is 12.1. The number of carbonyl (C=O) groups is 3. The number of amides is 2. The Balaban J connectivity index is 1.17. The van der Waals surface area contributed by atoms with E-state index in [0.29, 0.717) is 25.9 Å². The van der Waals surface area contributed by atoms with Crippen LogP contribution in [-0.4, -0.2) is 53.7 Å². The van der Waals surface area contributed by atoms with Crippen molar-refractivity contribution in [2.45, 2.75) is 50.5 Å². The van der Waals surface area contributed by atoms with Crippen molar-refractivity contribution in [1.82, 2.24) is 10.2 Å². The average molecular weight is 463 g/mol. The number of carboxylic acid groups (broad SMARTS) is 1. The molecule has 2 amide bonds. The molecule has 178 valence electrons. The Bertz CT molecular complexity index is 1060. The average Bonchev–Trinajstić information content (AvgIpc) is 3.43. The van der Waals surface area contributed by atoms with Gasteiger partial charge in [0.2, 0.25) is 5.91 Å². The van der Waals surface area contributed by atoms with E-state index in [1.165, 1.54) is 16.0 Å². The normalized spacial score (nSPS) is 20.2. The molecule has 3 aliphatic rings. The quantitative estimate of drug-likeness (QED) is 0.644. The van der Waals surface area contributed by atoms with Crippen molar-refractivity contribution in [3.05, 3.63) is 59.7 Å². The zero-order chi connectivity index (χ0) is 23.7. The number of hydrogen-bond donors (Lipinski definition) is 2. The highest BCUT2D eigenvalue weighted by molar-refractivity contribution is 5.85. The Morgan fingerprint density at radius 3 is 2.24 bits per heavy atom. The van der Waals surface area contributed by atoms with Gasteiger partial charge in [-0.25, -0.2) is 9.59 Å². The lowest BCUT2D eigenvalue weighted by Crippen LogP contribution is -2.48. The van der Waals surface area contributed by atoms with Gasteiger partial charge in [-0.05, 0) is 53.4 Å². The van der Waals surface area contributed by atoms with Crippen LogP contribution >= 0.6 is 0 Å². The summed E-state index contributed by atoms with van der Waals surface area (Å²) in [7, 11) is 0. The number of nitrogens with one attached hydrogen (secondary N) is 1. The molecule has 0 bridgehead atoms. The Hall–Kier alpha value is -3.35. The number of ether oxygens (including phenoxy) is 1. The Labute approximate surface area is 199 Å². The largest absolute Gasteiger partial charge is 0.480 e. The molecule has 34 heavy (non-hydrogen) atoms. The highest BCUT2D eigenvalue weighted by Gasteiger charge is 2.43. The first-order chi connectivity index (χ1) is 16.5. The van der Waals surface area contributed by atoms with Gasteiger partial charge in [0.15, 0.2) is 0 Å². The lowest BCUT2D eigenvalue weighted by Gasteiger charge is -2.42. The molecule has 2 aliphatic carbocycles. The monoisotopic (exact) mass is 462 g/mol.